The second-order valence-electron chi connectivity index (χ2n) is 9.51. The van der Waals surface area contributed by atoms with E-state index in [-0.39, 0.29) is 5.91 Å². The van der Waals surface area contributed by atoms with Crippen molar-refractivity contribution >= 4 is 28.1 Å². The number of hydrogen-bond donors (Lipinski definition) is 0. The van der Waals surface area contributed by atoms with Crippen molar-refractivity contribution in [2.45, 2.75) is 57.0 Å². The van der Waals surface area contributed by atoms with Gasteiger partial charge in [0, 0.05) is 49.8 Å². The van der Waals surface area contributed by atoms with Gasteiger partial charge in [0.05, 0.1) is 18.5 Å². The molecule has 176 valence electrons. The molecule has 3 saturated heterocycles. The van der Waals surface area contributed by atoms with Crippen molar-refractivity contribution in [1.82, 2.24) is 9.21 Å². The highest BCUT2D eigenvalue weighted by Crippen LogP contribution is 2.32. The zero-order valence-corrected chi connectivity index (χ0v) is 19.7. The van der Waals surface area contributed by atoms with E-state index < -0.39 is 21.1 Å². The summed E-state index contributed by atoms with van der Waals surface area (Å²) in [5, 5.41) is 0.114. The fourth-order valence-corrected chi connectivity index (χ4v) is 6.96. The normalized spacial score (nSPS) is 26.6. The van der Waals surface area contributed by atoms with E-state index in [1.54, 1.807) is 15.3 Å². The standard InChI is InChI=1S/C23H32N2O6S/c1-16-5-9-25(10-6-16)32(27,28)18-3-4-20-19(15-18)17(2)21(31-20)22(26)24-11-7-23(8-12-24)29-13-14-30-23/h4,15-16,18H,3,5-14H2,1-2H3. The number of fused-ring (bicyclic) bond motifs is 1. The Morgan fingerprint density at radius 3 is 2.41 bits per heavy atom. The highest BCUT2D eigenvalue weighted by molar-refractivity contribution is 7.90. The van der Waals surface area contributed by atoms with E-state index in [4.69, 9.17) is 13.9 Å². The van der Waals surface area contributed by atoms with Gasteiger partial charge in [-0.2, -0.15) is 0 Å². The Balaban J connectivity index is 1.35. The maximum atomic E-state index is 13.2. The van der Waals surface area contributed by atoms with E-state index in [1.807, 2.05) is 13.0 Å². The number of nitrogens with zero attached hydrogens (tertiary/aromatic N) is 2. The number of piperidine rings is 2. The molecule has 1 atom stereocenters. The topological polar surface area (TPSA) is 89.3 Å². The van der Waals surface area contributed by atoms with Crippen LogP contribution in [0.4, 0.5) is 0 Å². The Kier molecular flexibility index (Phi) is 5.72. The van der Waals surface area contributed by atoms with Gasteiger partial charge in [-0.1, -0.05) is 13.0 Å². The molecule has 0 N–H and O–H groups in total. The first kappa shape index (κ1) is 22.1. The molecular formula is C23H32N2O6S. The van der Waals surface area contributed by atoms with Crippen LogP contribution in [0.15, 0.2) is 4.42 Å². The lowest BCUT2D eigenvalue weighted by molar-refractivity contribution is -0.181. The minimum Gasteiger partial charge on any atom is -0.451 e. The van der Waals surface area contributed by atoms with E-state index in [2.05, 4.69) is 6.92 Å². The monoisotopic (exact) mass is 464 g/mol. The Labute approximate surface area is 188 Å². The molecule has 1 aromatic heterocycles. The second kappa shape index (κ2) is 8.27. The van der Waals surface area contributed by atoms with Crippen LogP contribution in [0.5, 0.6) is 0 Å². The van der Waals surface area contributed by atoms with Gasteiger partial charge in [-0.05, 0) is 38.2 Å². The first-order chi connectivity index (χ1) is 15.3. The Bertz CT molecular complexity index is 1100. The van der Waals surface area contributed by atoms with Crippen LogP contribution < -0.4 is 10.6 Å². The molecule has 0 radical (unpaired) electrons. The molecule has 1 aromatic rings. The van der Waals surface area contributed by atoms with Gasteiger partial charge in [-0.25, -0.2) is 12.7 Å². The molecule has 5 rings (SSSR count). The van der Waals surface area contributed by atoms with Crippen LogP contribution in [0.25, 0.3) is 12.2 Å². The maximum Gasteiger partial charge on any atom is 0.289 e. The van der Waals surface area contributed by atoms with Crippen molar-refractivity contribution in [3.8, 4) is 0 Å². The zero-order chi connectivity index (χ0) is 22.5. The van der Waals surface area contributed by atoms with E-state index in [0.717, 1.165) is 18.1 Å². The predicted octanol–water partition coefficient (Wildman–Crippen LogP) is 0.962. The van der Waals surface area contributed by atoms with Gasteiger partial charge in [0.2, 0.25) is 10.0 Å². The number of carbonyl (C=O) groups is 1. The van der Waals surface area contributed by atoms with Crippen molar-refractivity contribution in [1.29, 1.82) is 0 Å². The number of carbonyl (C=O) groups excluding carboxylic acids is 1. The van der Waals surface area contributed by atoms with E-state index in [9.17, 15) is 13.2 Å². The van der Waals surface area contributed by atoms with Crippen LogP contribution in [-0.2, 0) is 19.5 Å². The summed E-state index contributed by atoms with van der Waals surface area (Å²) in [4.78, 5) is 15.0. The van der Waals surface area contributed by atoms with Gasteiger partial charge in [-0.15, -0.1) is 0 Å². The smallest absolute Gasteiger partial charge is 0.289 e. The molecule has 9 heteroatoms. The molecule has 32 heavy (non-hydrogen) atoms. The van der Waals surface area contributed by atoms with Gasteiger partial charge >= 0.3 is 0 Å². The molecule has 4 aliphatic rings. The second-order valence-corrected chi connectivity index (χ2v) is 11.7. The van der Waals surface area contributed by atoms with Gasteiger partial charge in [0.1, 0.15) is 5.42 Å². The molecule has 0 aromatic carbocycles. The molecule has 0 bridgehead atoms. The lowest BCUT2D eigenvalue weighted by Gasteiger charge is -2.37. The van der Waals surface area contributed by atoms with Gasteiger partial charge in [-0.3, -0.25) is 4.79 Å². The van der Waals surface area contributed by atoms with Crippen LogP contribution in [-0.4, -0.2) is 74.0 Å². The van der Waals surface area contributed by atoms with Crippen LogP contribution in [0.2, 0.25) is 0 Å². The molecule has 1 spiro atoms. The summed E-state index contributed by atoms with van der Waals surface area (Å²) in [5.74, 6) is 0.174. The Hall–Kier alpha value is -1.68. The number of likely N-dealkylation sites (tertiary alicyclic amines) is 1. The number of hydrogen-bond acceptors (Lipinski definition) is 6. The summed E-state index contributed by atoms with van der Waals surface area (Å²) in [6.45, 7) is 7.46. The highest BCUT2D eigenvalue weighted by Gasteiger charge is 2.41. The molecule has 4 heterocycles. The van der Waals surface area contributed by atoms with Crippen LogP contribution in [0, 0.1) is 12.8 Å². The van der Waals surface area contributed by atoms with Crippen molar-refractivity contribution in [3.05, 3.63) is 22.0 Å². The van der Waals surface area contributed by atoms with Crippen molar-refractivity contribution in [3.63, 3.8) is 0 Å². The summed E-state index contributed by atoms with van der Waals surface area (Å²) in [6.07, 6.45) is 7.05. The van der Waals surface area contributed by atoms with Crippen molar-refractivity contribution in [2.75, 3.05) is 39.4 Å². The summed E-state index contributed by atoms with van der Waals surface area (Å²) in [5.41, 5.74) is 1.31. The Morgan fingerprint density at radius 2 is 1.75 bits per heavy atom. The third-order valence-electron chi connectivity index (χ3n) is 7.42. The third-order valence-corrected chi connectivity index (χ3v) is 9.59. The number of ether oxygens (including phenoxy) is 2. The Morgan fingerprint density at radius 1 is 1.09 bits per heavy atom. The number of rotatable bonds is 3. The summed E-state index contributed by atoms with van der Waals surface area (Å²) < 4.78 is 45.5. The molecular weight excluding hydrogens is 432 g/mol. The van der Waals surface area contributed by atoms with Gasteiger partial charge in [0.25, 0.3) is 5.91 Å². The molecule has 3 aliphatic heterocycles. The minimum absolute atomic E-state index is 0.157. The van der Waals surface area contributed by atoms with Crippen LogP contribution in [0.3, 0.4) is 0 Å². The van der Waals surface area contributed by atoms with Crippen LogP contribution >= 0.6 is 0 Å². The molecule has 1 amide bonds. The maximum absolute atomic E-state index is 13.2. The number of sulfonamides is 1. The largest absolute Gasteiger partial charge is 0.451 e. The molecule has 1 unspecified atom stereocenters. The molecule has 0 saturated carbocycles. The number of furan rings is 1. The van der Waals surface area contributed by atoms with Crippen molar-refractivity contribution < 1.29 is 27.1 Å². The van der Waals surface area contributed by atoms with Gasteiger partial charge < -0.3 is 18.8 Å². The molecule has 1 aliphatic carbocycles. The fourth-order valence-electron chi connectivity index (χ4n) is 5.21. The average molecular weight is 465 g/mol. The van der Waals surface area contributed by atoms with E-state index in [0.29, 0.717) is 81.3 Å². The minimum atomic E-state index is -3.43. The lowest BCUT2D eigenvalue weighted by atomic mass is 10.0. The molecule has 3 fully saturated rings. The average Bonchev–Trinajstić information content (AvgIpc) is 3.38. The third kappa shape index (κ3) is 3.83. The predicted molar refractivity (Wildman–Crippen MR) is 119 cm³/mol. The van der Waals surface area contributed by atoms with Gasteiger partial charge in [0.15, 0.2) is 11.5 Å². The fraction of sp³-hybridized carbons (Fsp3) is 0.696. The summed E-state index contributed by atoms with van der Waals surface area (Å²) >= 11 is 0. The quantitative estimate of drug-likeness (QED) is 0.662. The number of amides is 1. The van der Waals surface area contributed by atoms with E-state index in [1.165, 1.54) is 0 Å². The zero-order valence-electron chi connectivity index (χ0n) is 18.8. The first-order valence-corrected chi connectivity index (χ1v) is 13.2. The molecule has 8 nitrogen and oxygen atoms in total. The van der Waals surface area contributed by atoms with Crippen molar-refractivity contribution in [2.24, 2.45) is 5.92 Å². The lowest BCUT2D eigenvalue weighted by Crippen LogP contribution is -2.47. The summed E-state index contributed by atoms with van der Waals surface area (Å²) in [7, 11) is -3.43. The first-order valence-electron chi connectivity index (χ1n) is 11.7. The SMILES string of the molecule is Cc1c(C(=O)N2CCC3(CC2)OCCO3)oc2c1=CC(S(=O)(=O)N1CCC(C)CC1)CC=2. The summed E-state index contributed by atoms with van der Waals surface area (Å²) in [6, 6.07) is 0. The highest BCUT2D eigenvalue weighted by atomic mass is 32.2. The van der Waals surface area contributed by atoms with Crippen LogP contribution in [0.1, 0.15) is 55.1 Å². The van der Waals surface area contributed by atoms with E-state index >= 15 is 0 Å².